The molecule has 11 heavy (non-hydrogen) atoms. The third-order valence-electron chi connectivity index (χ3n) is 1.94. The zero-order valence-electron chi connectivity index (χ0n) is 9.28. The Balaban J connectivity index is 0. The number of hydrogen-bond donors (Lipinski definition) is 0. The van der Waals surface area contributed by atoms with Crippen molar-refractivity contribution in [3.8, 4) is 0 Å². The van der Waals surface area contributed by atoms with Crippen molar-refractivity contribution in [2.45, 2.75) is 60.8 Å². The van der Waals surface area contributed by atoms with E-state index in [-0.39, 0.29) is 0 Å². The lowest BCUT2D eigenvalue weighted by Crippen LogP contribution is -1.74. The van der Waals surface area contributed by atoms with Gasteiger partial charge in [-0.3, -0.25) is 0 Å². The van der Waals surface area contributed by atoms with Crippen LogP contribution in [0.1, 0.15) is 60.8 Å². The van der Waals surface area contributed by atoms with Crippen LogP contribution in [0.3, 0.4) is 0 Å². The molecule has 0 aliphatic heterocycles. The van der Waals surface area contributed by atoms with Crippen molar-refractivity contribution >= 4 is 0 Å². The van der Waals surface area contributed by atoms with Crippen LogP contribution in [-0.2, 0) is 0 Å². The summed E-state index contributed by atoms with van der Waals surface area (Å²) in [7, 11) is 0. The maximum absolute atomic E-state index is 2.35. The smallest absolute Gasteiger partial charge is 0.0386 e. The Morgan fingerprint density at radius 1 is 1.09 bits per heavy atom. The first-order valence-corrected chi connectivity index (χ1v) is 5.34. The summed E-state index contributed by atoms with van der Waals surface area (Å²) in [5.74, 6) is 2.19. The molecule has 0 aromatic rings. The predicted molar refractivity (Wildman–Crippen MR) is 54.9 cm³/mol. The molecule has 0 amide bonds. The summed E-state index contributed by atoms with van der Waals surface area (Å²) in [6.45, 7) is 12.6. The van der Waals surface area contributed by atoms with E-state index in [4.69, 9.17) is 0 Å². The van der Waals surface area contributed by atoms with Gasteiger partial charge in [0, 0.05) is 0 Å². The SMILES string of the molecule is CC.CC.CCCC1CC1C. The molecule has 0 nitrogen and oxygen atoms in total. The molecule has 0 spiro atoms. The highest BCUT2D eigenvalue weighted by Gasteiger charge is 2.30. The largest absolute Gasteiger partial charge is 0.0683 e. The average molecular weight is 158 g/mol. The maximum Gasteiger partial charge on any atom is -0.0386 e. The van der Waals surface area contributed by atoms with Gasteiger partial charge in [0.15, 0.2) is 0 Å². The van der Waals surface area contributed by atoms with Crippen LogP contribution in [0.5, 0.6) is 0 Å². The number of hydrogen-bond acceptors (Lipinski definition) is 0. The van der Waals surface area contributed by atoms with E-state index in [1.165, 1.54) is 19.3 Å². The van der Waals surface area contributed by atoms with E-state index in [0.29, 0.717) is 0 Å². The first-order valence-electron chi connectivity index (χ1n) is 5.34. The molecular formula is C11H26. The molecule has 1 aliphatic carbocycles. The van der Waals surface area contributed by atoms with Gasteiger partial charge in [-0.1, -0.05) is 54.4 Å². The molecule has 1 rings (SSSR count). The molecule has 0 N–H and O–H groups in total. The zero-order valence-corrected chi connectivity index (χ0v) is 9.28. The van der Waals surface area contributed by atoms with Crippen LogP contribution >= 0.6 is 0 Å². The lowest BCUT2D eigenvalue weighted by atomic mass is 10.2. The van der Waals surface area contributed by atoms with Crippen molar-refractivity contribution in [1.29, 1.82) is 0 Å². The molecule has 1 aliphatic rings. The molecule has 70 valence electrons. The van der Waals surface area contributed by atoms with Crippen molar-refractivity contribution in [1.82, 2.24) is 0 Å². The zero-order chi connectivity index (χ0) is 9.28. The second kappa shape index (κ2) is 10.0. The molecule has 1 fully saturated rings. The highest BCUT2D eigenvalue weighted by atomic mass is 14.4. The second-order valence-corrected chi connectivity index (χ2v) is 2.76. The minimum atomic E-state index is 1.07. The van der Waals surface area contributed by atoms with Crippen molar-refractivity contribution in [3.63, 3.8) is 0 Å². The fraction of sp³-hybridized carbons (Fsp3) is 1.00. The van der Waals surface area contributed by atoms with E-state index in [1.54, 1.807) is 0 Å². The molecule has 2 unspecified atom stereocenters. The summed E-state index contributed by atoms with van der Waals surface area (Å²) in [4.78, 5) is 0. The van der Waals surface area contributed by atoms with Crippen LogP contribution in [0.2, 0.25) is 0 Å². The Hall–Kier alpha value is 0. The summed E-state index contributed by atoms with van der Waals surface area (Å²) >= 11 is 0. The average Bonchev–Trinajstić information content (AvgIpc) is 2.76. The molecule has 0 aromatic heterocycles. The van der Waals surface area contributed by atoms with Gasteiger partial charge in [0.1, 0.15) is 0 Å². The molecule has 0 radical (unpaired) electrons. The Morgan fingerprint density at radius 2 is 1.45 bits per heavy atom. The van der Waals surface area contributed by atoms with Gasteiger partial charge in [0.05, 0.1) is 0 Å². The van der Waals surface area contributed by atoms with Crippen molar-refractivity contribution in [3.05, 3.63) is 0 Å². The predicted octanol–water partition coefficient (Wildman–Crippen LogP) is 4.49. The fourth-order valence-electron chi connectivity index (χ4n) is 1.17. The highest BCUT2D eigenvalue weighted by molar-refractivity contribution is 4.81. The van der Waals surface area contributed by atoms with E-state index < -0.39 is 0 Å². The first-order chi connectivity index (χ1) is 5.34. The van der Waals surface area contributed by atoms with Gasteiger partial charge < -0.3 is 0 Å². The van der Waals surface area contributed by atoms with Gasteiger partial charge in [-0.2, -0.15) is 0 Å². The molecule has 2 atom stereocenters. The van der Waals surface area contributed by atoms with Crippen molar-refractivity contribution < 1.29 is 0 Å². The van der Waals surface area contributed by atoms with Gasteiger partial charge in [0.25, 0.3) is 0 Å². The van der Waals surface area contributed by atoms with Gasteiger partial charge >= 0.3 is 0 Å². The van der Waals surface area contributed by atoms with Gasteiger partial charge in [-0.05, 0) is 18.3 Å². The van der Waals surface area contributed by atoms with Gasteiger partial charge in [-0.25, -0.2) is 0 Å². The third-order valence-corrected chi connectivity index (χ3v) is 1.94. The lowest BCUT2D eigenvalue weighted by molar-refractivity contribution is 0.659. The Kier molecular flexibility index (Phi) is 12.3. The summed E-state index contributed by atoms with van der Waals surface area (Å²) in [6, 6.07) is 0. The molecular weight excluding hydrogens is 132 g/mol. The molecule has 1 saturated carbocycles. The van der Waals surface area contributed by atoms with Crippen LogP contribution in [0.4, 0.5) is 0 Å². The maximum atomic E-state index is 2.35. The van der Waals surface area contributed by atoms with E-state index in [1.807, 2.05) is 27.7 Å². The highest BCUT2D eigenvalue weighted by Crippen LogP contribution is 2.40. The van der Waals surface area contributed by atoms with Gasteiger partial charge in [-0.15, -0.1) is 0 Å². The third kappa shape index (κ3) is 7.90. The topological polar surface area (TPSA) is 0 Å². The molecule has 0 aromatic carbocycles. The monoisotopic (exact) mass is 158 g/mol. The summed E-state index contributed by atoms with van der Waals surface area (Å²) in [5, 5.41) is 0. The van der Waals surface area contributed by atoms with Crippen LogP contribution in [-0.4, -0.2) is 0 Å². The molecule has 0 saturated heterocycles. The number of rotatable bonds is 2. The Morgan fingerprint density at radius 3 is 1.55 bits per heavy atom. The van der Waals surface area contributed by atoms with Crippen molar-refractivity contribution in [2.24, 2.45) is 11.8 Å². The fourth-order valence-corrected chi connectivity index (χ4v) is 1.17. The van der Waals surface area contributed by atoms with Crippen LogP contribution < -0.4 is 0 Å². The lowest BCUT2D eigenvalue weighted by Gasteiger charge is -1.86. The Labute approximate surface area is 73.4 Å². The molecule has 0 heterocycles. The normalized spacial score (nSPS) is 25.6. The standard InChI is InChI=1S/C7H14.2C2H6/c1-3-4-7-5-6(7)2;2*1-2/h6-7H,3-5H2,1-2H3;2*1-2H3. The minimum absolute atomic E-state index is 1.07. The van der Waals surface area contributed by atoms with Crippen LogP contribution in [0.25, 0.3) is 0 Å². The van der Waals surface area contributed by atoms with E-state index in [2.05, 4.69) is 13.8 Å². The summed E-state index contributed by atoms with van der Waals surface area (Å²) in [5.41, 5.74) is 0. The molecule has 0 heteroatoms. The van der Waals surface area contributed by atoms with E-state index >= 15 is 0 Å². The summed E-state index contributed by atoms with van der Waals surface area (Å²) in [6.07, 6.45) is 4.37. The quantitative estimate of drug-likeness (QED) is 0.555. The van der Waals surface area contributed by atoms with Crippen LogP contribution in [0, 0.1) is 11.8 Å². The van der Waals surface area contributed by atoms with E-state index in [0.717, 1.165) is 11.8 Å². The van der Waals surface area contributed by atoms with Crippen LogP contribution in [0.15, 0.2) is 0 Å². The molecule has 0 bridgehead atoms. The summed E-state index contributed by atoms with van der Waals surface area (Å²) < 4.78 is 0. The first kappa shape index (κ1) is 13.6. The van der Waals surface area contributed by atoms with Gasteiger partial charge in [0.2, 0.25) is 0 Å². The minimum Gasteiger partial charge on any atom is -0.0683 e. The van der Waals surface area contributed by atoms with E-state index in [9.17, 15) is 0 Å². The Bertz CT molecular complexity index is 57.1. The van der Waals surface area contributed by atoms with Crippen molar-refractivity contribution in [2.75, 3.05) is 0 Å². The second-order valence-electron chi connectivity index (χ2n) is 2.76.